The molecule has 0 spiro atoms. The second-order valence-electron chi connectivity index (χ2n) is 6.17. The van der Waals surface area contributed by atoms with E-state index in [9.17, 15) is 0 Å². The summed E-state index contributed by atoms with van der Waals surface area (Å²) in [6, 6.07) is 0.810. The lowest BCUT2D eigenvalue weighted by Crippen LogP contribution is -2.40. The first-order chi connectivity index (χ1) is 7.74. The highest BCUT2D eigenvalue weighted by atomic mass is 15.0. The third kappa shape index (κ3) is 2.98. The Labute approximate surface area is 101 Å². The Morgan fingerprint density at radius 2 is 2.25 bits per heavy atom. The molecule has 0 amide bonds. The maximum Gasteiger partial charge on any atom is 0.00699 e. The Hall–Kier alpha value is -0.0800. The van der Waals surface area contributed by atoms with Crippen LogP contribution in [-0.4, -0.2) is 25.7 Å². The lowest BCUT2D eigenvalue weighted by atomic mass is 9.82. The molecule has 0 aromatic carbocycles. The summed E-state index contributed by atoms with van der Waals surface area (Å²) in [5.41, 5.74) is 0.570. The molecular formula is C14H28N2. The van der Waals surface area contributed by atoms with Gasteiger partial charge in [0, 0.05) is 19.1 Å². The number of rotatable bonds is 5. The van der Waals surface area contributed by atoms with Crippen molar-refractivity contribution in [2.45, 2.75) is 58.4 Å². The smallest absolute Gasteiger partial charge is 0.00699 e. The Morgan fingerprint density at radius 3 is 2.81 bits per heavy atom. The van der Waals surface area contributed by atoms with Crippen molar-refractivity contribution in [2.24, 2.45) is 11.3 Å². The summed E-state index contributed by atoms with van der Waals surface area (Å²) in [6.45, 7) is 8.41. The van der Waals surface area contributed by atoms with Gasteiger partial charge in [0.15, 0.2) is 0 Å². The Morgan fingerprint density at radius 1 is 1.38 bits per heavy atom. The van der Waals surface area contributed by atoms with Crippen LogP contribution in [0.5, 0.6) is 0 Å². The summed E-state index contributed by atoms with van der Waals surface area (Å²) in [4.78, 5) is 0. The molecule has 1 saturated heterocycles. The molecule has 16 heavy (non-hydrogen) atoms. The van der Waals surface area contributed by atoms with Gasteiger partial charge in [0.25, 0.3) is 0 Å². The van der Waals surface area contributed by atoms with E-state index in [-0.39, 0.29) is 0 Å². The van der Waals surface area contributed by atoms with Crippen LogP contribution in [0.25, 0.3) is 0 Å². The van der Waals surface area contributed by atoms with Crippen LogP contribution in [0.1, 0.15) is 52.4 Å². The summed E-state index contributed by atoms with van der Waals surface area (Å²) in [6.07, 6.45) is 8.30. The lowest BCUT2D eigenvalue weighted by Gasteiger charge is -2.30. The summed E-state index contributed by atoms with van der Waals surface area (Å²) in [5.74, 6) is 0.946. The summed E-state index contributed by atoms with van der Waals surface area (Å²) in [5, 5.41) is 7.38. The Kier molecular flexibility index (Phi) is 4.26. The fourth-order valence-electron chi connectivity index (χ4n) is 3.53. The third-order valence-electron chi connectivity index (χ3n) is 4.57. The fourth-order valence-corrected chi connectivity index (χ4v) is 3.53. The van der Waals surface area contributed by atoms with Gasteiger partial charge in [-0.05, 0) is 50.0 Å². The first-order valence-corrected chi connectivity index (χ1v) is 7.18. The molecule has 2 aliphatic rings. The third-order valence-corrected chi connectivity index (χ3v) is 4.57. The van der Waals surface area contributed by atoms with E-state index in [2.05, 4.69) is 24.5 Å². The van der Waals surface area contributed by atoms with Crippen LogP contribution in [0, 0.1) is 11.3 Å². The highest BCUT2D eigenvalue weighted by Crippen LogP contribution is 2.31. The average Bonchev–Trinajstić information content (AvgIpc) is 2.86. The van der Waals surface area contributed by atoms with Gasteiger partial charge in [-0.1, -0.05) is 20.3 Å². The molecule has 1 aliphatic heterocycles. The molecule has 2 rings (SSSR count). The second-order valence-corrected chi connectivity index (χ2v) is 6.17. The van der Waals surface area contributed by atoms with Crippen LogP contribution in [0.3, 0.4) is 0 Å². The van der Waals surface area contributed by atoms with Crippen LogP contribution in [0.15, 0.2) is 0 Å². The van der Waals surface area contributed by atoms with Crippen molar-refractivity contribution in [1.29, 1.82) is 0 Å². The quantitative estimate of drug-likeness (QED) is 0.750. The van der Waals surface area contributed by atoms with Crippen molar-refractivity contribution in [3.8, 4) is 0 Å². The first kappa shape index (κ1) is 12.4. The van der Waals surface area contributed by atoms with Gasteiger partial charge in [-0.2, -0.15) is 0 Å². The van der Waals surface area contributed by atoms with E-state index in [4.69, 9.17) is 0 Å². The number of hydrogen-bond donors (Lipinski definition) is 2. The molecule has 3 unspecified atom stereocenters. The molecule has 2 heteroatoms. The van der Waals surface area contributed by atoms with Crippen molar-refractivity contribution in [3.63, 3.8) is 0 Å². The maximum atomic E-state index is 3.84. The monoisotopic (exact) mass is 224 g/mol. The molecule has 2 N–H and O–H groups in total. The van der Waals surface area contributed by atoms with Crippen LogP contribution >= 0.6 is 0 Å². The first-order valence-electron chi connectivity index (χ1n) is 7.18. The molecule has 3 atom stereocenters. The van der Waals surface area contributed by atoms with Crippen LogP contribution in [0.4, 0.5) is 0 Å². The van der Waals surface area contributed by atoms with E-state index in [0.29, 0.717) is 5.41 Å². The number of hydrogen-bond acceptors (Lipinski definition) is 2. The van der Waals surface area contributed by atoms with Crippen molar-refractivity contribution >= 4 is 0 Å². The minimum Gasteiger partial charge on any atom is -0.316 e. The largest absolute Gasteiger partial charge is 0.316 e. The highest BCUT2D eigenvalue weighted by molar-refractivity contribution is 4.91. The Bertz CT molecular complexity index is 209. The maximum absolute atomic E-state index is 3.84. The van der Waals surface area contributed by atoms with Gasteiger partial charge < -0.3 is 10.6 Å². The van der Waals surface area contributed by atoms with E-state index < -0.39 is 0 Å². The molecule has 0 aromatic heterocycles. The van der Waals surface area contributed by atoms with Gasteiger partial charge in [0.05, 0.1) is 0 Å². The zero-order valence-corrected chi connectivity index (χ0v) is 11.0. The molecule has 94 valence electrons. The normalized spacial score (nSPS) is 39.4. The van der Waals surface area contributed by atoms with Crippen LogP contribution in [-0.2, 0) is 0 Å². The molecule has 1 heterocycles. The van der Waals surface area contributed by atoms with Crippen molar-refractivity contribution < 1.29 is 0 Å². The molecule has 0 aromatic rings. The van der Waals surface area contributed by atoms with Gasteiger partial charge in [0.2, 0.25) is 0 Å². The lowest BCUT2D eigenvalue weighted by molar-refractivity contribution is 0.262. The SMILES string of the molecule is CCCC1(CNC2CCC(C)C2)CCNC1. The van der Waals surface area contributed by atoms with Gasteiger partial charge in [-0.25, -0.2) is 0 Å². The molecule has 2 nitrogen and oxygen atoms in total. The molecule has 1 aliphatic carbocycles. The van der Waals surface area contributed by atoms with Gasteiger partial charge in [-0.3, -0.25) is 0 Å². The zero-order chi connectivity index (χ0) is 11.4. The predicted molar refractivity (Wildman–Crippen MR) is 69.6 cm³/mol. The topological polar surface area (TPSA) is 24.1 Å². The van der Waals surface area contributed by atoms with Crippen molar-refractivity contribution in [1.82, 2.24) is 10.6 Å². The van der Waals surface area contributed by atoms with E-state index in [1.165, 1.54) is 58.2 Å². The molecule has 2 fully saturated rings. The molecule has 1 saturated carbocycles. The van der Waals surface area contributed by atoms with E-state index in [1.54, 1.807) is 0 Å². The summed E-state index contributed by atoms with van der Waals surface area (Å²) >= 11 is 0. The highest BCUT2D eigenvalue weighted by Gasteiger charge is 2.33. The number of nitrogens with one attached hydrogen (secondary N) is 2. The van der Waals surface area contributed by atoms with Crippen LogP contribution in [0.2, 0.25) is 0 Å². The summed E-state index contributed by atoms with van der Waals surface area (Å²) < 4.78 is 0. The second kappa shape index (κ2) is 5.50. The minimum absolute atomic E-state index is 0.570. The van der Waals surface area contributed by atoms with E-state index >= 15 is 0 Å². The van der Waals surface area contributed by atoms with Crippen molar-refractivity contribution in [3.05, 3.63) is 0 Å². The fraction of sp³-hybridized carbons (Fsp3) is 1.00. The standard InChI is InChI=1S/C14H28N2/c1-3-6-14(7-8-15-10-14)11-16-13-5-4-12(2)9-13/h12-13,15-16H,3-11H2,1-2H3. The predicted octanol–water partition coefficient (Wildman–Crippen LogP) is 2.54. The van der Waals surface area contributed by atoms with Crippen molar-refractivity contribution in [2.75, 3.05) is 19.6 Å². The van der Waals surface area contributed by atoms with Gasteiger partial charge in [-0.15, -0.1) is 0 Å². The Balaban J connectivity index is 1.78. The minimum atomic E-state index is 0.570. The average molecular weight is 224 g/mol. The zero-order valence-electron chi connectivity index (χ0n) is 11.0. The van der Waals surface area contributed by atoms with E-state index in [0.717, 1.165) is 12.0 Å². The summed E-state index contributed by atoms with van der Waals surface area (Å²) in [7, 11) is 0. The van der Waals surface area contributed by atoms with Gasteiger partial charge in [0.1, 0.15) is 0 Å². The molecule has 0 radical (unpaired) electrons. The van der Waals surface area contributed by atoms with Crippen LogP contribution < -0.4 is 10.6 Å². The van der Waals surface area contributed by atoms with Gasteiger partial charge >= 0.3 is 0 Å². The molecular weight excluding hydrogens is 196 g/mol. The molecule has 0 bridgehead atoms. The van der Waals surface area contributed by atoms with E-state index in [1.807, 2.05) is 0 Å².